The van der Waals surface area contributed by atoms with Gasteiger partial charge in [0.1, 0.15) is 5.75 Å². The number of benzene rings is 1. The lowest BCUT2D eigenvalue weighted by Crippen LogP contribution is -2.05. The lowest BCUT2D eigenvalue weighted by atomic mass is 10.1. The van der Waals surface area contributed by atoms with Gasteiger partial charge in [-0.15, -0.1) is 0 Å². The molecule has 0 saturated carbocycles. The van der Waals surface area contributed by atoms with Gasteiger partial charge >= 0.3 is 0 Å². The second kappa shape index (κ2) is 6.68. The summed E-state index contributed by atoms with van der Waals surface area (Å²) < 4.78 is 6.77. The maximum Gasteiger partial charge on any atom is 0.127 e. The molecule has 4 heteroatoms. The van der Waals surface area contributed by atoms with Crippen molar-refractivity contribution in [2.45, 2.75) is 20.0 Å². The van der Waals surface area contributed by atoms with Crippen LogP contribution < -0.4 is 4.74 Å². The van der Waals surface area contributed by atoms with Gasteiger partial charge in [-0.3, -0.25) is 4.98 Å². The van der Waals surface area contributed by atoms with Crippen molar-refractivity contribution in [2.75, 3.05) is 6.61 Å². The van der Waals surface area contributed by atoms with E-state index in [0.717, 1.165) is 27.8 Å². The van der Waals surface area contributed by atoms with Gasteiger partial charge in [0, 0.05) is 28.9 Å². The van der Waals surface area contributed by atoms with E-state index in [1.165, 1.54) is 5.56 Å². The molecule has 0 atom stereocenters. The number of pyridine rings is 1. The predicted molar refractivity (Wildman–Crippen MR) is 78.2 cm³/mol. The van der Waals surface area contributed by atoms with E-state index in [1.54, 1.807) is 12.4 Å². The zero-order valence-electron chi connectivity index (χ0n) is 10.8. The fraction of sp³-hybridized carbons (Fsp3) is 0.267. The molecule has 1 aromatic heterocycles. The lowest BCUT2D eigenvalue weighted by molar-refractivity contribution is 0.263. The minimum atomic E-state index is -0.0229. The smallest absolute Gasteiger partial charge is 0.127 e. The molecule has 1 aromatic carbocycles. The van der Waals surface area contributed by atoms with Crippen LogP contribution in [0.5, 0.6) is 5.75 Å². The summed E-state index contributed by atoms with van der Waals surface area (Å²) in [4.78, 5) is 3.98. The normalized spacial score (nSPS) is 10.5. The van der Waals surface area contributed by atoms with Gasteiger partial charge in [0.2, 0.25) is 0 Å². The van der Waals surface area contributed by atoms with Crippen molar-refractivity contribution in [3.05, 3.63) is 57.8 Å². The van der Waals surface area contributed by atoms with Crippen LogP contribution in [0.4, 0.5) is 0 Å². The molecule has 0 aliphatic carbocycles. The highest BCUT2D eigenvalue weighted by molar-refractivity contribution is 9.10. The molecule has 0 unspecified atom stereocenters. The van der Waals surface area contributed by atoms with Crippen LogP contribution in [0.1, 0.15) is 16.7 Å². The maximum absolute atomic E-state index is 9.37. The standard InChI is InChI=1S/C15H16BrNO2/c1-11-8-14(16)9-13(10-18)15(11)19-7-4-12-2-5-17-6-3-12/h2-3,5-6,8-9,18H,4,7,10H2,1H3. The largest absolute Gasteiger partial charge is 0.493 e. The molecule has 0 fully saturated rings. The number of aliphatic hydroxyl groups excluding tert-OH is 1. The molecule has 0 saturated heterocycles. The van der Waals surface area contributed by atoms with E-state index in [1.807, 2.05) is 31.2 Å². The third-order valence-electron chi connectivity index (χ3n) is 2.87. The van der Waals surface area contributed by atoms with Crippen LogP contribution >= 0.6 is 15.9 Å². The topological polar surface area (TPSA) is 42.4 Å². The van der Waals surface area contributed by atoms with Crippen LogP contribution in [0.25, 0.3) is 0 Å². The fourth-order valence-electron chi connectivity index (χ4n) is 1.94. The van der Waals surface area contributed by atoms with Crippen molar-refractivity contribution in [3.8, 4) is 5.75 Å². The highest BCUT2D eigenvalue weighted by atomic mass is 79.9. The minimum absolute atomic E-state index is 0.0229. The van der Waals surface area contributed by atoms with Crippen LogP contribution in [0.2, 0.25) is 0 Å². The SMILES string of the molecule is Cc1cc(Br)cc(CO)c1OCCc1ccncc1. The van der Waals surface area contributed by atoms with E-state index in [-0.39, 0.29) is 6.61 Å². The quantitative estimate of drug-likeness (QED) is 0.919. The van der Waals surface area contributed by atoms with Crippen LogP contribution in [-0.4, -0.2) is 16.7 Å². The number of aryl methyl sites for hydroxylation is 1. The van der Waals surface area contributed by atoms with Crippen LogP contribution in [-0.2, 0) is 13.0 Å². The Bertz CT molecular complexity index is 543. The summed E-state index contributed by atoms with van der Waals surface area (Å²) in [6.07, 6.45) is 4.38. The van der Waals surface area contributed by atoms with E-state index in [0.29, 0.717) is 6.61 Å². The molecule has 0 amide bonds. The van der Waals surface area contributed by atoms with Gasteiger partial charge in [-0.2, -0.15) is 0 Å². The molecule has 0 bridgehead atoms. The molecule has 3 nitrogen and oxygen atoms in total. The summed E-state index contributed by atoms with van der Waals surface area (Å²) in [6.45, 7) is 2.54. The van der Waals surface area contributed by atoms with Gasteiger partial charge in [0.25, 0.3) is 0 Å². The Hall–Kier alpha value is -1.39. The summed E-state index contributed by atoms with van der Waals surface area (Å²) in [5.74, 6) is 0.778. The molecular formula is C15H16BrNO2. The second-order valence-electron chi connectivity index (χ2n) is 4.32. The van der Waals surface area contributed by atoms with Gasteiger partial charge < -0.3 is 9.84 Å². The Kier molecular flexibility index (Phi) is 4.93. The van der Waals surface area contributed by atoms with Gasteiger partial charge in [0.05, 0.1) is 13.2 Å². The number of aromatic nitrogens is 1. The minimum Gasteiger partial charge on any atom is -0.493 e. The average molecular weight is 322 g/mol. The summed E-state index contributed by atoms with van der Waals surface area (Å²) in [5, 5.41) is 9.37. The van der Waals surface area contributed by atoms with Gasteiger partial charge in [-0.05, 0) is 42.3 Å². The van der Waals surface area contributed by atoms with E-state index in [2.05, 4.69) is 20.9 Å². The number of nitrogens with zero attached hydrogens (tertiary/aromatic N) is 1. The third kappa shape index (κ3) is 3.78. The predicted octanol–water partition coefficient (Wildman–Crippen LogP) is 3.27. The van der Waals surface area contributed by atoms with Crippen molar-refractivity contribution in [2.24, 2.45) is 0 Å². The van der Waals surface area contributed by atoms with Crippen molar-refractivity contribution < 1.29 is 9.84 Å². The van der Waals surface area contributed by atoms with Crippen molar-refractivity contribution in [1.29, 1.82) is 0 Å². The van der Waals surface area contributed by atoms with Crippen LogP contribution in [0.15, 0.2) is 41.1 Å². The lowest BCUT2D eigenvalue weighted by Gasteiger charge is -2.13. The van der Waals surface area contributed by atoms with Crippen molar-refractivity contribution >= 4 is 15.9 Å². The number of halogens is 1. The molecule has 0 aliphatic heterocycles. The first kappa shape index (κ1) is 14.0. The van der Waals surface area contributed by atoms with E-state index < -0.39 is 0 Å². The fourth-order valence-corrected chi connectivity index (χ4v) is 2.56. The van der Waals surface area contributed by atoms with Crippen LogP contribution in [0.3, 0.4) is 0 Å². The first-order valence-electron chi connectivity index (χ1n) is 6.12. The van der Waals surface area contributed by atoms with E-state index in [4.69, 9.17) is 4.74 Å². The molecule has 2 aromatic rings. The second-order valence-corrected chi connectivity index (χ2v) is 5.24. The monoisotopic (exact) mass is 321 g/mol. The summed E-state index contributed by atoms with van der Waals surface area (Å²) in [5.41, 5.74) is 3.02. The highest BCUT2D eigenvalue weighted by Crippen LogP contribution is 2.28. The Morgan fingerprint density at radius 2 is 2.00 bits per heavy atom. The highest BCUT2D eigenvalue weighted by Gasteiger charge is 2.08. The van der Waals surface area contributed by atoms with Crippen LogP contribution in [0, 0.1) is 6.92 Å². The number of rotatable bonds is 5. The van der Waals surface area contributed by atoms with Gasteiger partial charge in [-0.25, -0.2) is 0 Å². The summed E-state index contributed by atoms with van der Waals surface area (Å²) in [7, 11) is 0. The number of hydrogen-bond donors (Lipinski definition) is 1. The Labute approximate surface area is 121 Å². The first-order chi connectivity index (χ1) is 9.20. The molecule has 19 heavy (non-hydrogen) atoms. The summed E-state index contributed by atoms with van der Waals surface area (Å²) in [6, 6.07) is 7.82. The molecule has 2 rings (SSSR count). The van der Waals surface area contributed by atoms with Gasteiger partial charge in [0.15, 0.2) is 0 Å². The maximum atomic E-state index is 9.37. The third-order valence-corrected chi connectivity index (χ3v) is 3.33. The molecule has 1 N–H and O–H groups in total. The molecular weight excluding hydrogens is 306 g/mol. The van der Waals surface area contributed by atoms with Crippen molar-refractivity contribution in [1.82, 2.24) is 4.98 Å². The Morgan fingerprint density at radius 1 is 1.26 bits per heavy atom. The zero-order valence-corrected chi connectivity index (χ0v) is 12.4. The van der Waals surface area contributed by atoms with E-state index in [9.17, 15) is 5.11 Å². The molecule has 0 radical (unpaired) electrons. The Morgan fingerprint density at radius 3 is 2.68 bits per heavy atom. The molecule has 0 aliphatic rings. The average Bonchev–Trinajstić information content (AvgIpc) is 2.42. The number of ether oxygens (including phenoxy) is 1. The van der Waals surface area contributed by atoms with Crippen molar-refractivity contribution in [3.63, 3.8) is 0 Å². The van der Waals surface area contributed by atoms with E-state index >= 15 is 0 Å². The number of hydrogen-bond acceptors (Lipinski definition) is 3. The molecule has 1 heterocycles. The first-order valence-corrected chi connectivity index (χ1v) is 6.91. The van der Waals surface area contributed by atoms with Gasteiger partial charge in [-0.1, -0.05) is 15.9 Å². The zero-order chi connectivity index (χ0) is 13.7. The molecule has 100 valence electrons. The Balaban J connectivity index is 2.03. The summed E-state index contributed by atoms with van der Waals surface area (Å²) >= 11 is 3.42. The number of aliphatic hydroxyl groups is 1. The molecule has 0 spiro atoms.